The molecule has 0 spiro atoms. The number of anilines is 1. The van der Waals surface area contributed by atoms with Gasteiger partial charge in [-0.2, -0.15) is 0 Å². The molecule has 3 heterocycles. The van der Waals surface area contributed by atoms with Gasteiger partial charge in [0.1, 0.15) is 11.9 Å². The Labute approximate surface area is 177 Å². The minimum absolute atomic E-state index is 0.0954. The van der Waals surface area contributed by atoms with Crippen molar-refractivity contribution in [2.45, 2.75) is 38.4 Å². The fourth-order valence-electron chi connectivity index (χ4n) is 3.63. The molecule has 2 aliphatic heterocycles. The molecular formula is C20H20ClFN4O4. The first-order chi connectivity index (χ1) is 14.3. The van der Waals surface area contributed by atoms with Crippen LogP contribution in [0.25, 0.3) is 11.3 Å². The largest absolute Gasteiger partial charge is 0.480 e. The highest BCUT2D eigenvalue weighted by molar-refractivity contribution is 6.33. The third-order valence-corrected chi connectivity index (χ3v) is 5.69. The van der Waals surface area contributed by atoms with E-state index in [1.165, 1.54) is 25.3 Å². The van der Waals surface area contributed by atoms with E-state index in [4.69, 9.17) is 16.3 Å². The average Bonchev–Trinajstić information content (AvgIpc) is 3.06. The summed E-state index contributed by atoms with van der Waals surface area (Å²) < 4.78 is 20.2. The first-order valence-electron chi connectivity index (χ1n) is 9.58. The summed E-state index contributed by atoms with van der Waals surface area (Å²) in [6.07, 6.45) is 3.07. The van der Waals surface area contributed by atoms with Gasteiger partial charge in [0.2, 0.25) is 5.95 Å². The van der Waals surface area contributed by atoms with Crippen LogP contribution >= 0.6 is 11.6 Å². The summed E-state index contributed by atoms with van der Waals surface area (Å²) in [4.78, 5) is 33.7. The average molecular weight is 435 g/mol. The number of benzene rings is 1. The Kier molecular flexibility index (Phi) is 5.57. The van der Waals surface area contributed by atoms with Crippen molar-refractivity contribution in [2.24, 2.45) is 0 Å². The molecule has 1 aromatic heterocycles. The van der Waals surface area contributed by atoms with Crippen molar-refractivity contribution in [1.82, 2.24) is 14.9 Å². The second kappa shape index (κ2) is 8.16. The quantitative estimate of drug-likeness (QED) is 0.745. The van der Waals surface area contributed by atoms with Gasteiger partial charge in [-0.15, -0.1) is 0 Å². The summed E-state index contributed by atoms with van der Waals surface area (Å²) in [6.45, 7) is 2.60. The number of aliphatic carboxylic acids is 1. The molecule has 2 aromatic rings. The van der Waals surface area contributed by atoms with Gasteiger partial charge >= 0.3 is 5.97 Å². The van der Waals surface area contributed by atoms with E-state index >= 15 is 0 Å². The number of nitrogens with zero attached hydrogens (tertiary/aromatic N) is 3. The van der Waals surface area contributed by atoms with Crippen LogP contribution in [0.15, 0.2) is 18.3 Å². The number of rotatable bonds is 5. The van der Waals surface area contributed by atoms with Crippen molar-refractivity contribution < 1.29 is 23.8 Å². The summed E-state index contributed by atoms with van der Waals surface area (Å²) in [7, 11) is 0. The van der Waals surface area contributed by atoms with Crippen molar-refractivity contribution in [2.75, 3.05) is 18.5 Å². The molecule has 0 saturated carbocycles. The van der Waals surface area contributed by atoms with Gasteiger partial charge in [0.25, 0.3) is 5.91 Å². The lowest BCUT2D eigenvalue weighted by Crippen LogP contribution is -2.38. The summed E-state index contributed by atoms with van der Waals surface area (Å²) >= 11 is 6.27. The number of carboxylic acids is 1. The molecule has 1 saturated heterocycles. The van der Waals surface area contributed by atoms with Crippen molar-refractivity contribution in [3.63, 3.8) is 0 Å². The molecular weight excluding hydrogens is 415 g/mol. The van der Waals surface area contributed by atoms with Crippen molar-refractivity contribution in [1.29, 1.82) is 0 Å². The van der Waals surface area contributed by atoms with E-state index in [0.717, 1.165) is 17.7 Å². The Morgan fingerprint density at radius 3 is 2.83 bits per heavy atom. The number of fused-ring (bicyclic) bond motifs is 1. The highest BCUT2D eigenvalue weighted by Crippen LogP contribution is 2.34. The van der Waals surface area contributed by atoms with Crippen LogP contribution in [0.3, 0.4) is 0 Å². The fourth-order valence-corrected chi connectivity index (χ4v) is 3.83. The monoisotopic (exact) mass is 434 g/mol. The number of amides is 1. The molecule has 2 aliphatic rings. The summed E-state index contributed by atoms with van der Waals surface area (Å²) in [5, 5.41) is 12.7. The van der Waals surface area contributed by atoms with Gasteiger partial charge < -0.3 is 20.1 Å². The molecule has 30 heavy (non-hydrogen) atoms. The van der Waals surface area contributed by atoms with E-state index in [-0.39, 0.29) is 28.7 Å². The smallest absolute Gasteiger partial charge is 0.326 e. The first kappa shape index (κ1) is 20.5. The summed E-state index contributed by atoms with van der Waals surface area (Å²) in [6, 6.07) is 1.86. The molecule has 8 nitrogen and oxygen atoms in total. The Bertz CT molecular complexity index is 1010. The molecule has 1 amide bonds. The normalized spacial score (nSPS) is 17.7. The Morgan fingerprint density at radius 1 is 1.40 bits per heavy atom. The number of aromatic nitrogens is 2. The summed E-state index contributed by atoms with van der Waals surface area (Å²) in [5.41, 5.74) is 0.904. The van der Waals surface area contributed by atoms with E-state index in [1.807, 2.05) is 0 Å². The van der Waals surface area contributed by atoms with Gasteiger partial charge in [0.05, 0.1) is 23.5 Å². The number of hydrogen-bond acceptors (Lipinski definition) is 6. The van der Waals surface area contributed by atoms with Crippen molar-refractivity contribution >= 4 is 29.4 Å². The first-order valence-corrected chi connectivity index (χ1v) is 9.96. The lowest BCUT2D eigenvalue weighted by Gasteiger charge is -2.23. The van der Waals surface area contributed by atoms with E-state index in [1.54, 1.807) is 0 Å². The van der Waals surface area contributed by atoms with E-state index < -0.39 is 23.7 Å². The van der Waals surface area contributed by atoms with Crippen molar-refractivity contribution in [3.05, 3.63) is 40.3 Å². The second-order valence-electron chi connectivity index (χ2n) is 7.35. The maximum atomic E-state index is 14.8. The zero-order chi connectivity index (χ0) is 21.4. The molecule has 4 rings (SSSR count). The molecule has 1 aromatic carbocycles. The lowest BCUT2D eigenvalue weighted by molar-refractivity contribution is -0.141. The number of halogens is 2. The Morgan fingerprint density at radius 2 is 2.13 bits per heavy atom. The summed E-state index contributed by atoms with van der Waals surface area (Å²) in [5.74, 6) is -1.94. The predicted molar refractivity (Wildman–Crippen MR) is 107 cm³/mol. The van der Waals surface area contributed by atoms with Crippen LogP contribution in [-0.4, -0.2) is 57.1 Å². The molecule has 2 N–H and O–H groups in total. The van der Waals surface area contributed by atoms with Gasteiger partial charge in [-0.1, -0.05) is 11.6 Å². The number of carboxylic acid groups (broad SMARTS) is 1. The van der Waals surface area contributed by atoms with Crippen LogP contribution in [0.1, 0.15) is 35.7 Å². The Balaban J connectivity index is 1.66. The zero-order valence-corrected chi connectivity index (χ0v) is 16.9. The maximum absolute atomic E-state index is 14.8. The molecule has 0 aliphatic carbocycles. The lowest BCUT2D eigenvalue weighted by atomic mass is 10.0. The predicted octanol–water partition coefficient (Wildman–Crippen LogP) is 2.96. The molecule has 10 heteroatoms. The molecule has 1 atom stereocenters. The Hall–Kier alpha value is -2.78. The zero-order valence-electron chi connectivity index (χ0n) is 16.2. The van der Waals surface area contributed by atoms with Gasteiger partial charge in [-0.25, -0.2) is 19.2 Å². The third kappa shape index (κ3) is 3.82. The number of hydrogen-bond donors (Lipinski definition) is 2. The number of nitrogens with one attached hydrogen (secondary N) is 1. The highest BCUT2D eigenvalue weighted by atomic mass is 35.5. The maximum Gasteiger partial charge on any atom is 0.326 e. The van der Waals surface area contributed by atoms with Gasteiger partial charge in [-0.05, 0) is 31.9 Å². The second-order valence-corrected chi connectivity index (χ2v) is 7.76. The van der Waals surface area contributed by atoms with Gasteiger partial charge in [-0.3, -0.25) is 4.79 Å². The van der Waals surface area contributed by atoms with E-state index in [2.05, 4.69) is 15.3 Å². The van der Waals surface area contributed by atoms with Crippen molar-refractivity contribution in [3.8, 4) is 11.3 Å². The molecule has 158 valence electrons. The molecule has 0 bridgehead atoms. The molecule has 0 unspecified atom stereocenters. The third-order valence-electron chi connectivity index (χ3n) is 5.41. The van der Waals surface area contributed by atoms with Crippen LogP contribution < -0.4 is 5.32 Å². The van der Waals surface area contributed by atoms with Crippen LogP contribution in [0.4, 0.5) is 10.3 Å². The topological polar surface area (TPSA) is 105 Å². The van der Waals surface area contributed by atoms with Gasteiger partial charge in [0, 0.05) is 35.9 Å². The van der Waals surface area contributed by atoms with E-state index in [0.29, 0.717) is 30.4 Å². The molecule has 0 radical (unpaired) electrons. The minimum Gasteiger partial charge on any atom is -0.480 e. The van der Waals surface area contributed by atoms with Crippen LogP contribution in [0, 0.1) is 5.82 Å². The number of carbonyl (C=O) groups excluding carboxylic acids is 1. The standard InChI is InChI=1S/C20H20ClFN4O4/c1-10(19(28)29)26-9-14-13(18(26)27)6-11(7-16(14)22)17-15(21)8-23-20(25-17)24-12-2-4-30-5-3-12/h6-8,10,12H,2-5,9H2,1H3,(H,28,29)(H,23,24,25)/t10-/m1/s1. The van der Waals surface area contributed by atoms with Crippen LogP contribution in [-0.2, 0) is 16.1 Å². The van der Waals surface area contributed by atoms with Gasteiger partial charge in [0.15, 0.2) is 0 Å². The van der Waals surface area contributed by atoms with Crippen LogP contribution in [0.5, 0.6) is 0 Å². The van der Waals surface area contributed by atoms with Crippen LogP contribution in [0.2, 0.25) is 5.02 Å². The SMILES string of the molecule is C[C@H](C(=O)O)N1Cc2c(F)cc(-c3nc(NC4CCOCC4)ncc3Cl)cc2C1=O. The fraction of sp³-hybridized carbons (Fsp3) is 0.400. The molecule has 1 fully saturated rings. The number of carbonyl (C=O) groups is 2. The minimum atomic E-state index is -1.15. The number of ether oxygens (including phenoxy) is 1. The van der Waals surface area contributed by atoms with E-state index in [9.17, 15) is 19.1 Å². The highest BCUT2D eigenvalue weighted by Gasteiger charge is 2.36.